The van der Waals surface area contributed by atoms with Crippen LogP contribution >= 0.6 is 0 Å². The van der Waals surface area contributed by atoms with Gasteiger partial charge in [0.05, 0.1) is 25.3 Å². The number of benzene rings is 2. The Labute approximate surface area is 159 Å². The van der Waals surface area contributed by atoms with Crippen LogP contribution in [0.25, 0.3) is 0 Å². The maximum absolute atomic E-state index is 12.6. The van der Waals surface area contributed by atoms with Crippen molar-refractivity contribution in [3.63, 3.8) is 0 Å². The number of rotatable bonds is 7. The number of nitrogens with one attached hydrogen (secondary N) is 1. The zero-order chi connectivity index (χ0) is 19.2. The SMILES string of the molecule is CCOc1ccccc1N1CC(C(=O)NCc2cccc(OC)c2)CC1=O. The van der Waals surface area contributed by atoms with Gasteiger partial charge in [-0.2, -0.15) is 0 Å². The number of carbonyl (C=O) groups is 2. The van der Waals surface area contributed by atoms with E-state index in [9.17, 15) is 9.59 Å². The first-order valence-electron chi connectivity index (χ1n) is 9.05. The minimum atomic E-state index is -0.377. The summed E-state index contributed by atoms with van der Waals surface area (Å²) in [5.74, 6) is 0.839. The van der Waals surface area contributed by atoms with Crippen LogP contribution < -0.4 is 19.7 Å². The molecular formula is C21H24N2O4. The summed E-state index contributed by atoms with van der Waals surface area (Å²) in [4.78, 5) is 26.7. The second kappa shape index (κ2) is 8.58. The van der Waals surface area contributed by atoms with Gasteiger partial charge in [-0.15, -0.1) is 0 Å². The van der Waals surface area contributed by atoms with E-state index < -0.39 is 0 Å². The molecule has 2 aromatic carbocycles. The summed E-state index contributed by atoms with van der Waals surface area (Å²) in [6.07, 6.45) is 0.199. The van der Waals surface area contributed by atoms with Gasteiger partial charge >= 0.3 is 0 Å². The first-order valence-corrected chi connectivity index (χ1v) is 9.05. The fourth-order valence-electron chi connectivity index (χ4n) is 3.19. The van der Waals surface area contributed by atoms with Gasteiger partial charge < -0.3 is 19.7 Å². The molecule has 0 aliphatic carbocycles. The van der Waals surface area contributed by atoms with Gasteiger partial charge in [0.15, 0.2) is 0 Å². The molecule has 6 nitrogen and oxygen atoms in total. The Hall–Kier alpha value is -3.02. The molecule has 0 radical (unpaired) electrons. The molecule has 0 saturated carbocycles. The Kier molecular flexibility index (Phi) is 5.96. The highest BCUT2D eigenvalue weighted by Gasteiger charge is 2.36. The lowest BCUT2D eigenvalue weighted by atomic mass is 10.1. The van der Waals surface area contributed by atoms with Crippen molar-refractivity contribution in [2.45, 2.75) is 19.9 Å². The van der Waals surface area contributed by atoms with Gasteiger partial charge in [0.2, 0.25) is 11.8 Å². The van der Waals surface area contributed by atoms with E-state index in [4.69, 9.17) is 9.47 Å². The normalized spacial score (nSPS) is 16.3. The average Bonchev–Trinajstić information content (AvgIpc) is 3.08. The third-order valence-electron chi connectivity index (χ3n) is 4.55. The summed E-state index contributed by atoms with van der Waals surface area (Å²) in [6.45, 7) is 3.17. The molecule has 2 aromatic rings. The summed E-state index contributed by atoms with van der Waals surface area (Å²) in [6, 6.07) is 15.0. The quantitative estimate of drug-likeness (QED) is 0.816. The monoisotopic (exact) mass is 368 g/mol. The molecule has 3 rings (SSSR count). The zero-order valence-electron chi connectivity index (χ0n) is 15.6. The van der Waals surface area contributed by atoms with E-state index in [0.717, 1.165) is 11.3 Å². The first-order chi connectivity index (χ1) is 13.1. The lowest BCUT2D eigenvalue weighted by Gasteiger charge is -2.20. The Bertz CT molecular complexity index is 821. The van der Waals surface area contributed by atoms with Crippen molar-refractivity contribution in [1.29, 1.82) is 0 Å². The highest BCUT2D eigenvalue weighted by Crippen LogP contribution is 2.33. The molecule has 6 heteroatoms. The molecule has 0 bridgehead atoms. The number of anilines is 1. The Morgan fingerprint density at radius 3 is 2.81 bits per heavy atom. The van der Waals surface area contributed by atoms with Crippen LogP contribution in [0.15, 0.2) is 48.5 Å². The molecule has 2 amide bonds. The Balaban J connectivity index is 1.64. The molecule has 1 N–H and O–H groups in total. The molecule has 1 heterocycles. The van der Waals surface area contributed by atoms with Gasteiger partial charge in [-0.05, 0) is 36.8 Å². The minimum Gasteiger partial charge on any atom is -0.497 e. The summed E-state index contributed by atoms with van der Waals surface area (Å²) in [7, 11) is 1.61. The molecule has 27 heavy (non-hydrogen) atoms. The summed E-state index contributed by atoms with van der Waals surface area (Å²) < 4.78 is 10.8. The average molecular weight is 368 g/mol. The van der Waals surface area contributed by atoms with Crippen LogP contribution in [0.2, 0.25) is 0 Å². The van der Waals surface area contributed by atoms with E-state index in [0.29, 0.717) is 31.1 Å². The number of carbonyl (C=O) groups excluding carboxylic acids is 2. The zero-order valence-corrected chi connectivity index (χ0v) is 15.6. The second-order valence-electron chi connectivity index (χ2n) is 6.38. The molecule has 1 saturated heterocycles. The van der Waals surface area contributed by atoms with Crippen molar-refractivity contribution >= 4 is 17.5 Å². The summed E-state index contributed by atoms with van der Waals surface area (Å²) in [5, 5.41) is 2.92. The number of hydrogen-bond donors (Lipinski definition) is 1. The largest absolute Gasteiger partial charge is 0.497 e. The van der Waals surface area contributed by atoms with Gasteiger partial charge in [-0.3, -0.25) is 9.59 Å². The van der Waals surface area contributed by atoms with Crippen LogP contribution in [0.1, 0.15) is 18.9 Å². The van der Waals surface area contributed by atoms with Gasteiger partial charge in [-0.1, -0.05) is 24.3 Å². The van der Waals surface area contributed by atoms with Crippen LogP contribution in [0.4, 0.5) is 5.69 Å². The summed E-state index contributed by atoms with van der Waals surface area (Å²) >= 11 is 0. The van der Waals surface area contributed by atoms with Crippen molar-refractivity contribution in [2.24, 2.45) is 5.92 Å². The molecular weight excluding hydrogens is 344 g/mol. The highest BCUT2D eigenvalue weighted by atomic mass is 16.5. The van der Waals surface area contributed by atoms with E-state index in [1.165, 1.54) is 0 Å². The first kappa shape index (κ1) is 18.8. The van der Waals surface area contributed by atoms with E-state index in [1.807, 2.05) is 55.5 Å². The van der Waals surface area contributed by atoms with E-state index in [2.05, 4.69) is 5.32 Å². The smallest absolute Gasteiger partial charge is 0.227 e. The van der Waals surface area contributed by atoms with Gasteiger partial charge in [0.1, 0.15) is 11.5 Å². The predicted octanol–water partition coefficient (Wildman–Crippen LogP) is 2.76. The molecule has 1 aliphatic rings. The number of nitrogens with zero attached hydrogens (tertiary/aromatic N) is 1. The van der Waals surface area contributed by atoms with Crippen LogP contribution in [-0.4, -0.2) is 32.1 Å². The predicted molar refractivity (Wildman–Crippen MR) is 103 cm³/mol. The number of methoxy groups -OCH3 is 1. The fraction of sp³-hybridized carbons (Fsp3) is 0.333. The van der Waals surface area contributed by atoms with Gasteiger partial charge in [-0.25, -0.2) is 0 Å². The van der Waals surface area contributed by atoms with E-state index in [-0.39, 0.29) is 24.2 Å². The lowest BCUT2D eigenvalue weighted by molar-refractivity contribution is -0.126. The van der Waals surface area contributed by atoms with Crippen LogP contribution in [0, 0.1) is 5.92 Å². The van der Waals surface area contributed by atoms with Crippen molar-refractivity contribution in [1.82, 2.24) is 5.32 Å². The fourth-order valence-corrected chi connectivity index (χ4v) is 3.19. The molecule has 1 fully saturated rings. The lowest BCUT2D eigenvalue weighted by Crippen LogP contribution is -2.32. The topological polar surface area (TPSA) is 67.9 Å². The van der Waals surface area contributed by atoms with Crippen LogP contribution in [0.3, 0.4) is 0 Å². The Morgan fingerprint density at radius 2 is 2.04 bits per heavy atom. The van der Waals surface area contributed by atoms with Gasteiger partial charge in [0, 0.05) is 19.5 Å². The molecule has 1 aliphatic heterocycles. The third-order valence-corrected chi connectivity index (χ3v) is 4.55. The Morgan fingerprint density at radius 1 is 1.22 bits per heavy atom. The number of hydrogen-bond acceptors (Lipinski definition) is 4. The van der Waals surface area contributed by atoms with Crippen LogP contribution in [0.5, 0.6) is 11.5 Å². The standard InChI is InChI=1S/C21H24N2O4/c1-3-27-19-10-5-4-9-18(19)23-14-16(12-20(23)24)21(25)22-13-15-7-6-8-17(11-15)26-2/h4-11,16H,3,12-14H2,1-2H3,(H,22,25). The molecule has 0 spiro atoms. The number of amides is 2. The van der Waals surface area contributed by atoms with Crippen molar-refractivity contribution in [3.8, 4) is 11.5 Å². The van der Waals surface area contributed by atoms with E-state index >= 15 is 0 Å². The molecule has 1 unspecified atom stereocenters. The maximum atomic E-state index is 12.6. The van der Waals surface area contributed by atoms with Gasteiger partial charge in [0.25, 0.3) is 0 Å². The summed E-state index contributed by atoms with van der Waals surface area (Å²) in [5.41, 5.74) is 1.66. The highest BCUT2D eigenvalue weighted by molar-refractivity contribution is 6.01. The third kappa shape index (κ3) is 4.39. The van der Waals surface area contributed by atoms with Crippen molar-refractivity contribution in [2.75, 3.05) is 25.2 Å². The maximum Gasteiger partial charge on any atom is 0.227 e. The van der Waals surface area contributed by atoms with Crippen molar-refractivity contribution in [3.05, 3.63) is 54.1 Å². The number of ether oxygens (including phenoxy) is 2. The molecule has 142 valence electrons. The molecule has 0 aromatic heterocycles. The van der Waals surface area contributed by atoms with E-state index in [1.54, 1.807) is 12.0 Å². The van der Waals surface area contributed by atoms with Crippen molar-refractivity contribution < 1.29 is 19.1 Å². The minimum absolute atomic E-state index is 0.0660. The second-order valence-corrected chi connectivity index (χ2v) is 6.38. The number of para-hydroxylation sites is 2. The molecule has 1 atom stereocenters. The van der Waals surface area contributed by atoms with Crippen LogP contribution in [-0.2, 0) is 16.1 Å².